The number of rotatable bonds is 3. The Bertz CT molecular complexity index is 400. The van der Waals surface area contributed by atoms with Gasteiger partial charge in [-0.2, -0.15) is 0 Å². The summed E-state index contributed by atoms with van der Waals surface area (Å²) in [7, 11) is 0. The first-order chi connectivity index (χ1) is 7.59. The Hall–Kier alpha value is -1.62. The monoisotopic (exact) mass is 221 g/mol. The number of nitrogens with zero attached hydrogens (tertiary/aromatic N) is 1. The summed E-state index contributed by atoms with van der Waals surface area (Å²) in [5, 5.41) is 17.3. The minimum atomic E-state index is -0.375. The van der Waals surface area contributed by atoms with Gasteiger partial charge in [-0.15, -0.1) is 0 Å². The highest BCUT2D eigenvalue weighted by atomic mass is 16.6. The molecule has 1 aromatic carbocycles. The van der Waals surface area contributed by atoms with Crippen LogP contribution in [0, 0.1) is 10.1 Å². The normalized spacial score (nSPS) is 24.3. The van der Waals surface area contributed by atoms with Crippen molar-refractivity contribution >= 4 is 11.4 Å². The van der Waals surface area contributed by atoms with Gasteiger partial charge in [0.05, 0.1) is 4.92 Å². The lowest BCUT2D eigenvalue weighted by molar-refractivity contribution is -0.384. The van der Waals surface area contributed by atoms with E-state index in [4.69, 9.17) is 0 Å². The van der Waals surface area contributed by atoms with E-state index in [1.165, 1.54) is 6.07 Å². The molecular formula is C11H15N3O2. The third-order valence-electron chi connectivity index (χ3n) is 2.87. The molecule has 1 heterocycles. The van der Waals surface area contributed by atoms with Crippen LogP contribution in [-0.2, 0) is 0 Å². The van der Waals surface area contributed by atoms with Gasteiger partial charge in [-0.3, -0.25) is 10.1 Å². The van der Waals surface area contributed by atoms with Crippen molar-refractivity contribution < 1.29 is 4.92 Å². The second-order valence-corrected chi connectivity index (χ2v) is 4.42. The number of hydrogen-bond acceptors (Lipinski definition) is 4. The van der Waals surface area contributed by atoms with E-state index in [2.05, 4.69) is 17.6 Å². The highest BCUT2D eigenvalue weighted by Crippen LogP contribution is 2.23. The zero-order valence-electron chi connectivity index (χ0n) is 9.19. The van der Waals surface area contributed by atoms with E-state index >= 15 is 0 Å². The maximum absolute atomic E-state index is 10.6. The van der Waals surface area contributed by atoms with E-state index in [1.54, 1.807) is 12.1 Å². The van der Waals surface area contributed by atoms with Crippen LogP contribution in [0.25, 0.3) is 0 Å². The number of nitro benzene ring substituents is 1. The lowest BCUT2D eigenvalue weighted by atomic mass is 10.0. The lowest BCUT2D eigenvalue weighted by Crippen LogP contribution is -2.36. The van der Waals surface area contributed by atoms with E-state index in [0.29, 0.717) is 0 Å². The molecule has 0 radical (unpaired) electrons. The van der Waals surface area contributed by atoms with Crippen molar-refractivity contribution in [1.29, 1.82) is 0 Å². The third kappa shape index (κ3) is 2.30. The molecule has 1 fully saturated rings. The predicted molar refractivity (Wildman–Crippen MR) is 62.6 cm³/mol. The second-order valence-electron chi connectivity index (χ2n) is 4.42. The molecule has 1 aromatic rings. The first-order valence-electron chi connectivity index (χ1n) is 5.32. The van der Waals surface area contributed by atoms with Gasteiger partial charge >= 0.3 is 0 Å². The van der Waals surface area contributed by atoms with Crippen LogP contribution >= 0.6 is 0 Å². The molecule has 1 unspecified atom stereocenters. The minimum Gasteiger partial charge on any atom is -0.378 e. The third-order valence-corrected chi connectivity index (χ3v) is 2.87. The number of non-ortho nitro benzene ring substituents is 1. The summed E-state index contributed by atoms with van der Waals surface area (Å²) in [6.07, 6.45) is 1.02. The lowest BCUT2D eigenvalue weighted by Gasteiger charge is -2.25. The van der Waals surface area contributed by atoms with E-state index in [0.717, 1.165) is 25.2 Å². The largest absolute Gasteiger partial charge is 0.378 e. The van der Waals surface area contributed by atoms with Crippen LogP contribution in [0.3, 0.4) is 0 Å². The van der Waals surface area contributed by atoms with Crippen molar-refractivity contribution in [3.63, 3.8) is 0 Å². The molecule has 0 amide bonds. The van der Waals surface area contributed by atoms with E-state index < -0.39 is 0 Å². The Labute approximate surface area is 94.0 Å². The molecule has 5 heteroatoms. The molecule has 2 N–H and O–H groups in total. The fourth-order valence-electron chi connectivity index (χ4n) is 1.97. The van der Waals surface area contributed by atoms with E-state index in [9.17, 15) is 10.1 Å². The van der Waals surface area contributed by atoms with E-state index in [-0.39, 0.29) is 16.1 Å². The van der Waals surface area contributed by atoms with Gasteiger partial charge in [0.2, 0.25) is 0 Å². The van der Waals surface area contributed by atoms with Crippen LogP contribution in [0.2, 0.25) is 0 Å². The van der Waals surface area contributed by atoms with Crippen molar-refractivity contribution in [2.24, 2.45) is 0 Å². The van der Waals surface area contributed by atoms with Crippen molar-refractivity contribution in [3.8, 4) is 0 Å². The van der Waals surface area contributed by atoms with Crippen molar-refractivity contribution in [2.45, 2.75) is 18.9 Å². The molecule has 0 aliphatic carbocycles. The Morgan fingerprint density at radius 3 is 3.00 bits per heavy atom. The minimum absolute atomic E-state index is 0.00474. The quantitative estimate of drug-likeness (QED) is 0.603. The molecule has 1 atom stereocenters. The molecule has 0 spiro atoms. The average Bonchev–Trinajstić information content (AvgIpc) is 2.65. The van der Waals surface area contributed by atoms with Crippen molar-refractivity contribution in [3.05, 3.63) is 34.4 Å². The summed E-state index contributed by atoms with van der Waals surface area (Å²) in [4.78, 5) is 10.3. The molecular weight excluding hydrogens is 206 g/mol. The summed E-state index contributed by atoms with van der Waals surface area (Å²) >= 11 is 0. The second kappa shape index (κ2) is 4.09. The zero-order valence-corrected chi connectivity index (χ0v) is 9.19. The van der Waals surface area contributed by atoms with Gasteiger partial charge in [0, 0.05) is 29.9 Å². The van der Waals surface area contributed by atoms with Crippen LogP contribution in [0.1, 0.15) is 13.3 Å². The molecule has 0 saturated carbocycles. The van der Waals surface area contributed by atoms with Gasteiger partial charge in [-0.1, -0.05) is 6.07 Å². The molecule has 86 valence electrons. The van der Waals surface area contributed by atoms with Crippen LogP contribution in [-0.4, -0.2) is 23.6 Å². The molecule has 1 saturated heterocycles. The molecule has 5 nitrogen and oxygen atoms in total. The summed E-state index contributed by atoms with van der Waals surface area (Å²) in [6, 6.07) is 6.63. The fourth-order valence-corrected chi connectivity index (χ4v) is 1.97. The maximum atomic E-state index is 10.6. The van der Waals surface area contributed by atoms with Gasteiger partial charge in [0.1, 0.15) is 0 Å². The molecule has 16 heavy (non-hydrogen) atoms. The number of anilines is 1. The summed E-state index contributed by atoms with van der Waals surface area (Å²) < 4.78 is 0. The van der Waals surface area contributed by atoms with Crippen LogP contribution < -0.4 is 10.6 Å². The Kier molecular flexibility index (Phi) is 2.78. The Balaban J connectivity index is 2.15. The SMILES string of the molecule is CC1(Nc2cccc([N+](=O)[O-])c2)CCNC1. The van der Waals surface area contributed by atoms with Gasteiger partial charge in [0.15, 0.2) is 0 Å². The summed E-state index contributed by atoms with van der Waals surface area (Å²) in [6.45, 7) is 3.99. The maximum Gasteiger partial charge on any atom is 0.271 e. The van der Waals surface area contributed by atoms with Crippen molar-refractivity contribution in [2.75, 3.05) is 18.4 Å². The topological polar surface area (TPSA) is 67.2 Å². The van der Waals surface area contributed by atoms with Crippen LogP contribution in [0.15, 0.2) is 24.3 Å². The zero-order chi connectivity index (χ0) is 11.6. The molecule has 0 aromatic heterocycles. The smallest absolute Gasteiger partial charge is 0.271 e. The Morgan fingerprint density at radius 1 is 1.56 bits per heavy atom. The molecule has 1 aliphatic rings. The molecule has 2 rings (SSSR count). The summed E-state index contributed by atoms with van der Waals surface area (Å²) in [5.74, 6) is 0. The summed E-state index contributed by atoms with van der Waals surface area (Å²) in [5.41, 5.74) is 0.926. The fraction of sp³-hybridized carbons (Fsp3) is 0.455. The van der Waals surface area contributed by atoms with Crippen LogP contribution in [0.5, 0.6) is 0 Å². The highest BCUT2D eigenvalue weighted by Gasteiger charge is 2.28. The first kappa shape index (κ1) is 10.9. The number of benzene rings is 1. The number of nitrogens with one attached hydrogen (secondary N) is 2. The average molecular weight is 221 g/mol. The Morgan fingerprint density at radius 2 is 2.38 bits per heavy atom. The van der Waals surface area contributed by atoms with E-state index in [1.807, 2.05) is 6.07 Å². The molecule has 0 bridgehead atoms. The van der Waals surface area contributed by atoms with Gasteiger partial charge in [-0.05, 0) is 26.0 Å². The van der Waals surface area contributed by atoms with Gasteiger partial charge < -0.3 is 10.6 Å². The van der Waals surface area contributed by atoms with Gasteiger partial charge in [0.25, 0.3) is 5.69 Å². The van der Waals surface area contributed by atoms with Crippen molar-refractivity contribution in [1.82, 2.24) is 5.32 Å². The highest BCUT2D eigenvalue weighted by molar-refractivity contribution is 5.52. The standard InChI is InChI=1S/C11H15N3O2/c1-11(5-6-12-8-11)13-9-3-2-4-10(7-9)14(15)16/h2-4,7,12-13H,5-6,8H2,1H3. The molecule has 1 aliphatic heterocycles. The van der Waals surface area contributed by atoms with Crippen LogP contribution in [0.4, 0.5) is 11.4 Å². The predicted octanol–water partition coefficient (Wildman–Crippen LogP) is 1.76. The van der Waals surface area contributed by atoms with Gasteiger partial charge in [-0.25, -0.2) is 0 Å². The number of nitro groups is 1. The first-order valence-corrected chi connectivity index (χ1v) is 5.32. The number of hydrogen-bond donors (Lipinski definition) is 2.